The van der Waals surface area contributed by atoms with Crippen LogP contribution >= 0.6 is 0 Å². The second kappa shape index (κ2) is 10.1. The number of oxazole rings is 1. The summed E-state index contributed by atoms with van der Waals surface area (Å²) in [6, 6.07) is 8.96. The van der Waals surface area contributed by atoms with E-state index in [-0.39, 0.29) is 17.5 Å². The highest BCUT2D eigenvalue weighted by Crippen LogP contribution is 2.33. The number of fused-ring (bicyclic) bond motifs is 1. The van der Waals surface area contributed by atoms with Gasteiger partial charge in [-0.2, -0.15) is 9.37 Å². The second-order valence-electron chi connectivity index (χ2n) is 7.92. The monoisotopic (exact) mass is 456 g/mol. The Labute approximate surface area is 191 Å². The quantitative estimate of drug-likeness (QED) is 0.507. The fraction of sp³-hybridized carbons (Fsp3) is 0.417. The average Bonchev–Trinajstić information content (AvgIpc) is 3.24. The number of carbonyl (C=O) groups is 1. The second-order valence-corrected chi connectivity index (χ2v) is 7.92. The molecule has 4 rings (SSSR count). The molecule has 0 saturated carbocycles. The minimum Gasteiger partial charge on any atom is -0.491 e. The number of hydrogen-bond acceptors (Lipinski definition) is 7. The van der Waals surface area contributed by atoms with Gasteiger partial charge >= 0.3 is 0 Å². The molecular weight excluding hydrogens is 427 g/mol. The van der Waals surface area contributed by atoms with Gasteiger partial charge in [-0.1, -0.05) is 0 Å². The van der Waals surface area contributed by atoms with Crippen LogP contribution in [0.3, 0.4) is 0 Å². The molecule has 1 aromatic heterocycles. The number of aromatic nitrogens is 1. The molecule has 2 heterocycles. The molecule has 3 aromatic rings. The molecule has 0 aliphatic carbocycles. The third-order valence-electron chi connectivity index (χ3n) is 5.67. The van der Waals surface area contributed by atoms with E-state index in [2.05, 4.69) is 15.2 Å². The standard InChI is InChI=1S/C24H29FN4O4/c1-3-31-20-11-15(12-21(22(20)25)32-4-2)14-29(17-7-9-27-10-8-17)24-28-18-13-16(23(26)30)5-6-19(18)33-24/h5-6,11-13,17,27H,3-4,7-10,14H2,1-2H3,(H2,26,30). The first-order chi connectivity index (χ1) is 16.0. The first kappa shape index (κ1) is 22.8. The Balaban J connectivity index is 1.72. The Kier molecular flexibility index (Phi) is 6.98. The van der Waals surface area contributed by atoms with Crippen LogP contribution in [0.1, 0.15) is 42.6 Å². The van der Waals surface area contributed by atoms with Gasteiger partial charge in [-0.15, -0.1) is 0 Å². The molecule has 3 N–H and O–H groups in total. The molecule has 1 aliphatic heterocycles. The van der Waals surface area contributed by atoms with Crippen LogP contribution in [0.5, 0.6) is 11.5 Å². The van der Waals surface area contributed by atoms with Crippen molar-refractivity contribution in [3.05, 3.63) is 47.3 Å². The van der Waals surface area contributed by atoms with Crippen LogP contribution in [-0.4, -0.2) is 43.2 Å². The van der Waals surface area contributed by atoms with E-state index < -0.39 is 11.7 Å². The number of nitrogens with zero attached hydrogens (tertiary/aromatic N) is 2. The molecule has 9 heteroatoms. The number of anilines is 1. The molecule has 33 heavy (non-hydrogen) atoms. The molecule has 2 aromatic carbocycles. The maximum atomic E-state index is 14.7. The van der Waals surface area contributed by atoms with Crippen LogP contribution in [-0.2, 0) is 6.54 Å². The summed E-state index contributed by atoms with van der Waals surface area (Å²) in [7, 11) is 0. The first-order valence-corrected chi connectivity index (χ1v) is 11.3. The van der Waals surface area contributed by atoms with Gasteiger partial charge in [-0.05, 0) is 75.7 Å². The molecule has 1 aliphatic rings. The Morgan fingerprint density at radius 2 is 1.85 bits per heavy atom. The Morgan fingerprint density at radius 1 is 1.18 bits per heavy atom. The van der Waals surface area contributed by atoms with Crippen LogP contribution < -0.4 is 25.4 Å². The van der Waals surface area contributed by atoms with Gasteiger partial charge in [0.05, 0.1) is 13.2 Å². The number of carbonyl (C=O) groups excluding carboxylic acids is 1. The zero-order valence-corrected chi connectivity index (χ0v) is 18.9. The van der Waals surface area contributed by atoms with Crippen molar-refractivity contribution in [1.29, 1.82) is 0 Å². The van der Waals surface area contributed by atoms with E-state index in [1.54, 1.807) is 30.3 Å². The highest BCUT2D eigenvalue weighted by atomic mass is 19.1. The predicted molar refractivity (Wildman–Crippen MR) is 123 cm³/mol. The average molecular weight is 457 g/mol. The number of primary amides is 1. The summed E-state index contributed by atoms with van der Waals surface area (Å²) in [6.07, 6.45) is 1.81. The van der Waals surface area contributed by atoms with E-state index >= 15 is 0 Å². The van der Waals surface area contributed by atoms with Crippen LogP contribution in [0, 0.1) is 5.82 Å². The molecule has 1 saturated heterocycles. The topological polar surface area (TPSA) is 103 Å². The molecule has 0 unspecified atom stereocenters. The molecule has 176 valence electrons. The summed E-state index contributed by atoms with van der Waals surface area (Å²) >= 11 is 0. The first-order valence-electron chi connectivity index (χ1n) is 11.3. The van der Waals surface area contributed by atoms with Crippen LogP contribution in [0.2, 0.25) is 0 Å². The predicted octanol–water partition coefficient (Wildman–Crippen LogP) is 3.62. The summed E-state index contributed by atoms with van der Waals surface area (Å²) in [5.74, 6) is -0.702. The number of halogens is 1. The molecule has 0 spiro atoms. The molecule has 8 nitrogen and oxygen atoms in total. The number of ether oxygens (including phenoxy) is 2. The molecule has 0 radical (unpaired) electrons. The highest BCUT2D eigenvalue weighted by Gasteiger charge is 2.27. The lowest BCUT2D eigenvalue weighted by Crippen LogP contribution is -2.43. The summed E-state index contributed by atoms with van der Waals surface area (Å²) in [6.45, 7) is 6.50. The highest BCUT2D eigenvalue weighted by molar-refractivity contribution is 5.96. The minimum atomic E-state index is -0.519. The van der Waals surface area contributed by atoms with Crippen LogP contribution in [0.4, 0.5) is 10.4 Å². The molecule has 1 amide bonds. The van der Waals surface area contributed by atoms with Crippen molar-refractivity contribution >= 4 is 23.0 Å². The maximum Gasteiger partial charge on any atom is 0.298 e. The lowest BCUT2D eigenvalue weighted by molar-refractivity contribution is 0.100. The van der Waals surface area contributed by atoms with Gasteiger partial charge in [0.15, 0.2) is 17.1 Å². The number of rotatable bonds is 9. The Hall–Kier alpha value is -3.33. The van der Waals surface area contributed by atoms with Crippen molar-refractivity contribution in [3.63, 3.8) is 0 Å². The van der Waals surface area contributed by atoms with E-state index in [9.17, 15) is 9.18 Å². The SMILES string of the molecule is CCOc1cc(CN(c2nc3cc(C(N)=O)ccc3o2)C2CCNCC2)cc(OCC)c1F. The number of piperidine rings is 1. The number of benzene rings is 2. The van der Waals surface area contributed by atoms with Gasteiger partial charge in [0, 0.05) is 18.2 Å². The van der Waals surface area contributed by atoms with Crippen molar-refractivity contribution in [3.8, 4) is 11.5 Å². The van der Waals surface area contributed by atoms with Gasteiger partial charge in [0.1, 0.15) is 5.52 Å². The van der Waals surface area contributed by atoms with E-state index in [4.69, 9.17) is 19.6 Å². The van der Waals surface area contributed by atoms with Gasteiger partial charge in [0.2, 0.25) is 11.7 Å². The van der Waals surface area contributed by atoms with E-state index in [0.29, 0.717) is 42.4 Å². The lowest BCUT2D eigenvalue weighted by Gasteiger charge is -2.33. The minimum absolute atomic E-state index is 0.160. The zero-order chi connectivity index (χ0) is 23.4. The normalized spacial score (nSPS) is 14.4. The summed E-state index contributed by atoms with van der Waals surface area (Å²) in [4.78, 5) is 18.3. The zero-order valence-electron chi connectivity index (χ0n) is 18.9. The van der Waals surface area contributed by atoms with Gasteiger partial charge in [0.25, 0.3) is 6.01 Å². The van der Waals surface area contributed by atoms with E-state index in [0.717, 1.165) is 31.5 Å². The number of nitrogens with two attached hydrogens (primary N) is 1. The van der Waals surface area contributed by atoms with Gasteiger partial charge < -0.3 is 29.8 Å². The van der Waals surface area contributed by atoms with Crippen molar-refractivity contribution in [2.24, 2.45) is 5.73 Å². The lowest BCUT2D eigenvalue weighted by atomic mass is 10.0. The van der Waals surface area contributed by atoms with Crippen molar-refractivity contribution in [2.45, 2.75) is 39.3 Å². The molecular formula is C24H29FN4O4. The number of amides is 1. The van der Waals surface area contributed by atoms with Gasteiger partial charge in [-0.3, -0.25) is 4.79 Å². The van der Waals surface area contributed by atoms with E-state index in [1.807, 2.05) is 13.8 Å². The maximum absolute atomic E-state index is 14.7. The molecule has 1 fully saturated rings. The van der Waals surface area contributed by atoms with Crippen LogP contribution in [0.15, 0.2) is 34.7 Å². The van der Waals surface area contributed by atoms with Crippen molar-refractivity contribution < 1.29 is 23.1 Å². The van der Waals surface area contributed by atoms with Gasteiger partial charge in [-0.25, -0.2) is 0 Å². The van der Waals surface area contributed by atoms with Crippen molar-refractivity contribution in [2.75, 3.05) is 31.2 Å². The smallest absolute Gasteiger partial charge is 0.298 e. The fourth-order valence-corrected chi connectivity index (χ4v) is 4.10. The summed E-state index contributed by atoms with van der Waals surface area (Å²) in [5.41, 5.74) is 7.73. The number of nitrogens with one attached hydrogen (secondary N) is 1. The third-order valence-corrected chi connectivity index (χ3v) is 5.67. The summed E-state index contributed by atoms with van der Waals surface area (Å²) in [5, 5.41) is 3.37. The summed E-state index contributed by atoms with van der Waals surface area (Å²) < 4.78 is 31.8. The Bertz CT molecular complexity index is 1100. The largest absolute Gasteiger partial charge is 0.491 e. The van der Waals surface area contributed by atoms with Crippen molar-refractivity contribution in [1.82, 2.24) is 10.3 Å². The fourth-order valence-electron chi connectivity index (χ4n) is 4.10. The third kappa shape index (κ3) is 5.03. The molecule has 0 atom stereocenters. The molecule has 0 bridgehead atoms. The number of hydrogen-bond donors (Lipinski definition) is 2. The van der Waals surface area contributed by atoms with Crippen LogP contribution in [0.25, 0.3) is 11.1 Å². The van der Waals surface area contributed by atoms with E-state index in [1.165, 1.54) is 0 Å². The Morgan fingerprint density at radius 3 is 2.45 bits per heavy atom.